The monoisotopic (exact) mass is 352 g/mol. The summed E-state index contributed by atoms with van der Waals surface area (Å²) in [6.45, 7) is 6.13. The molecule has 0 spiro atoms. The van der Waals surface area contributed by atoms with Gasteiger partial charge in [-0.3, -0.25) is 10.1 Å². The fourth-order valence-corrected chi connectivity index (χ4v) is 3.30. The van der Waals surface area contributed by atoms with Crippen molar-refractivity contribution in [2.24, 2.45) is 0 Å². The third-order valence-electron chi connectivity index (χ3n) is 3.82. The third-order valence-corrected chi connectivity index (χ3v) is 4.98. The standard InChI is InChI=1S/C20H20N2O2S/c1-13-5-8-16(9-6-13)17-11-20(24-22-17)21-19(23)12-25-18-10-14(2)4-7-15(18)3/h4-11H,12H2,1-3H3,(H,21,23). The molecule has 25 heavy (non-hydrogen) atoms. The van der Waals surface area contributed by atoms with Crippen LogP contribution in [0, 0.1) is 20.8 Å². The first-order chi connectivity index (χ1) is 12.0. The van der Waals surface area contributed by atoms with Crippen LogP contribution in [0.2, 0.25) is 0 Å². The number of carbonyl (C=O) groups is 1. The van der Waals surface area contributed by atoms with Crippen LogP contribution in [0.1, 0.15) is 16.7 Å². The molecular formula is C20H20N2O2S. The molecule has 3 aromatic rings. The van der Waals surface area contributed by atoms with Crippen LogP contribution in [0.5, 0.6) is 0 Å². The summed E-state index contributed by atoms with van der Waals surface area (Å²) < 4.78 is 5.22. The number of thioether (sulfide) groups is 1. The quantitative estimate of drug-likeness (QED) is 0.657. The number of aryl methyl sites for hydroxylation is 3. The fraction of sp³-hybridized carbons (Fsp3) is 0.200. The topological polar surface area (TPSA) is 55.1 Å². The maximum Gasteiger partial charge on any atom is 0.237 e. The number of benzene rings is 2. The van der Waals surface area contributed by atoms with Crippen molar-refractivity contribution in [1.82, 2.24) is 5.16 Å². The highest BCUT2D eigenvalue weighted by Crippen LogP contribution is 2.25. The molecule has 4 nitrogen and oxygen atoms in total. The molecule has 3 rings (SSSR count). The summed E-state index contributed by atoms with van der Waals surface area (Å²) in [7, 11) is 0. The summed E-state index contributed by atoms with van der Waals surface area (Å²) in [5.41, 5.74) is 5.21. The highest BCUT2D eigenvalue weighted by Gasteiger charge is 2.11. The molecule has 1 aromatic heterocycles. The lowest BCUT2D eigenvalue weighted by atomic mass is 10.1. The molecule has 0 aliphatic heterocycles. The number of rotatable bonds is 5. The van der Waals surface area contributed by atoms with Crippen LogP contribution in [0.3, 0.4) is 0 Å². The molecule has 0 fully saturated rings. The van der Waals surface area contributed by atoms with Gasteiger partial charge in [0.15, 0.2) is 0 Å². The predicted octanol–water partition coefficient (Wildman–Crippen LogP) is 5.00. The van der Waals surface area contributed by atoms with Crippen LogP contribution >= 0.6 is 11.8 Å². The Bertz CT molecular complexity index is 885. The zero-order valence-electron chi connectivity index (χ0n) is 14.5. The van der Waals surface area contributed by atoms with Crippen molar-refractivity contribution in [2.75, 3.05) is 11.1 Å². The van der Waals surface area contributed by atoms with E-state index in [-0.39, 0.29) is 5.91 Å². The van der Waals surface area contributed by atoms with Gasteiger partial charge in [-0.2, -0.15) is 0 Å². The Balaban J connectivity index is 1.60. The lowest BCUT2D eigenvalue weighted by molar-refractivity contribution is -0.113. The maximum atomic E-state index is 12.2. The summed E-state index contributed by atoms with van der Waals surface area (Å²) in [5.74, 6) is 0.574. The first-order valence-corrected chi connectivity index (χ1v) is 9.03. The first kappa shape index (κ1) is 17.3. The van der Waals surface area contributed by atoms with E-state index in [1.54, 1.807) is 6.07 Å². The van der Waals surface area contributed by atoms with Gasteiger partial charge in [-0.15, -0.1) is 11.8 Å². The van der Waals surface area contributed by atoms with Gasteiger partial charge in [-0.25, -0.2) is 0 Å². The number of aromatic nitrogens is 1. The molecule has 128 valence electrons. The van der Waals surface area contributed by atoms with Crippen molar-refractivity contribution >= 4 is 23.6 Å². The van der Waals surface area contributed by atoms with Crippen molar-refractivity contribution in [3.05, 3.63) is 65.2 Å². The highest BCUT2D eigenvalue weighted by molar-refractivity contribution is 8.00. The van der Waals surface area contributed by atoms with Crippen LogP contribution in [0.15, 0.2) is 57.9 Å². The maximum absolute atomic E-state index is 12.2. The molecule has 0 atom stereocenters. The van der Waals surface area contributed by atoms with E-state index in [4.69, 9.17) is 4.52 Å². The Kier molecular flexibility index (Phi) is 5.24. The van der Waals surface area contributed by atoms with Gasteiger partial charge in [0.1, 0.15) is 5.69 Å². The molecule has 0 unspecified atom stereocenters. The van der Waals surface area contributed by atoms with Crippen molar-refractivity contribution in [1.29, 1.82) is 0 Å². The van der Waals surface area contributed by atoms with E-state index >= 15 is 0 Å². The van der Waals surface area contributed by atoms with Gasteiger partial charge >= 0.3 is 0 Å². The zero-order chi connectivity index (χ0) is 17.8. The van der Waals surface area contributed by atoms with Crippen LogP contribution in [0.25, 0.3) is 11.3 Å². The molecule has 0 aliphatic rings. The van der Waals surface area contributed by atoms with E-state index in [2.05, 4.69) is 28.7 Å². The molecule has 0 saturated heterocycles. The highest BCUT2D eigenvalue weighted by atomic mass is 32.2. The van der Waals surface area contributed by atoms with Crippen molar-refractivity contribution in [3.8, 4) is 11.3 Å². The fourth-order valence-electron chi connectivity index (χ4n) is 2.37. The second-order valence-electron chi connectivity index (χ2n) is 6.05. The molecule has 1 heterocycles. The number of anilines is 1. The van der Waals surface area contributed by atoms with E-state index in [0.29, 0.717) is 17.3 Å². The second-order valence-corrected chi connectivity index (χ2v) is 7.07. The van der Waals surface area contributed by atoms with Crippen LogP contribution < -0.4 is 5.32 Å². The minimum atomic E-state index is -0.113. The van der Waals surface area contributed by atoms with Crippen molar-refractivity contribution < 1.29 is 9.32 Å². The molecule has 2 aromatic carbocycles. The van der Waals surface area contributed by atoms with Gasteiger partial charge in [-0.05, 0) is 32.4 Å². The molecule has 1 amide bonds. The first-order valence-electron chi connectivity index (χ1n) is 8.05. The minimum Gasteiger partial charge on any atom is -0.338 e. The van der Waals surface area contributed by atoms with Gasteiger partial charge in [0.25, 0.3) is 0 Å². The molecule has 1 N–H and O–H groups in total. The van der Waals surface area contributed by atoms with Gasteiger partial charge in [0.2, 0.25) is 11.8 Å². The zero-order valence-corrected chi connectivity index (χ0v) is 15.3. The summed E-state index contributed by atoms with van der Waals surface area (Å²) in [6.07, 6.45) is 0. The Morgan fingerprint density at radius 1 is 1.04 bits per heavy atom. The minimum absolute atomic E-state index is 0.113. The SMILES string of the molecule is Cc1ccc(-c2cc(NC(=O)CSc3cc(C)ccc3C)on2)cc1. The van der Waals surface area contributed by atoms with E-state index in [1.165, 1.54) is 28.5 Å². The van der Waals surface area contributed by atoms with Gasteiger partial charge < -0.3 is 4.52 Å². The van der Waals surface area contributed by atoms with Crippen LogP contribution in [-0.4, -0.2) is 16.8 Å². The van der Waals surface area contributed by atoms with Gasteiger partial charge in [-0.1, -0.05) is 52.7 Å². The van der Waals surface area contributed by atoms with Crippen molar-refractivity contribution in [3.63, 3.8) is 0 Å². The van der Waals surface area contributed by atoms with Crippen LogP contribution in [0.4, 0.5) is 5.88 Å². The van der Waals surface area contributed by atoms with E-state index in [9.17, 15) is 4.79 Å². The molecule has 0 radical (unpaired) electrons. The summed E-state index contributed by atoms with van der Waals surface area (Å²) >= 11 is 1.52. The number of amides is 1. The van der Waals surface area contributed by atoms with Gasteiger partial charge in [0.05, 0.1) is 5.75 Å². The lowest BCUT2D eigenvalue weighted by Crippen LogP contribution is -2.13. The molecule has 0 bridgehead atoms. The normalized spacial score (nSPS) is 10.7. The third kappa shape index (κ3) is 4.51. The predicted molar refractivity (Wildman–Crippen MR) is 102 cm³/mol. The largest absolute Gasteiger partial charge is 0.338 e. The summed E-state index contributed by atoms with van der Waals surface area (Å²) in [4.78, 5) is 13.3. The number of hydrogen-bond donors (Lipinski definition) is 1. The van der Waals surface area contributed by atoms with Crippen LogP contribution in [-0.2, 0) is 4.79 Å². The summed E-state index contributed by atoms with van der Waals surface area (Å²) in [6, 6.07) is 16.0. The smallest absolute Gasteiger partial charge is 0.237 e. The number of carbonyl (C=O) groups excluding carboxylic acids is 1. The van der Waals surface area contributed by atoms with E-state index in [0.717, 1.165) is 10.5 Å². The Labute approximate surface area is 151 Å². The average molecular weight is 352 g/mol. The Morgan fingerprint density at radius 2 is 1.76 bits per heavy atom. The summed E-state index contributed by atoms with van der Waals surface area (Å²) in [5, 5.41) is 6.78. The molecule has 0 aliphatic carbocycles. The Morgan fingerprint density at radius 3 is 2.52 bits per heavy atom. The molecule has 0 saturated carbocycles. The lowest BCUT2D eigenvalue weighted by Gasteiger charge is -2.06. The molecule has 5 heteroatoms. The average Bonchev–Trinajstić information content (AvgIpc) is 3.05. The van der Waals surface area contributed by atoms with E-state index in [1.807, 2.05) is 45.0 Å². The van der Waals surface area contributed by atoms with Gasteiger partial charge in [0, 0.05) is 16.5 Å². The number of nitrogens with zero attached hydrogens (tertiary/aromatic N) is 1. The van der Waals surface area contributed by atoms with Crippen molar-refractivity contribution in [2.45, 2.75) is 25.7 Å². The number of hydrogen-bond acceptors (Lipinski definition) is 4. The Hall–Kier alpha value is -2.53. The molecular weight excluding hydrogens is 332 g/mol. The van der Waals surface area contributed by atoms with E-state index < -0.39 is 0 Å². The second kappa shape index (κ2) is 7.57. The number of nitrogens with one attached hydrogen (secondary N) is 1.